The highest BCUT2D eigenvalue weighted by atomic mass is 79.9. The molecule has 0 spiro atoms. The molecule has 1 aliphatic carbocycles. The Bertz CT molecular complexity index is 211. The maximum atomic E-state index is 6.05. The van der Waals surface area contributed by atoms with Crippen LogP contribution in [0.4, 0.5) is 0 Å². The smallest absolute Gasteiger partial charge is 0.0962 e. The Morgan fingerprint density at radius 2 is 1.94 bits per heavy atom. The zero-order valence-electron chi connectivity index (χ0n) is 12.2. The van der Waals surface area contributed by atoms with E-state index in [0.717, 1.165) is 32.0 Å². The molecule has 3 heteroatoms. The van der Waals surface area contributed by atoms with Gasteiger partial charge in [-0.25, -0.2) is 0 Å². The third-order valence-corrected chi connectivity index (χ3v) is 4.68. The average Bonchev–Trinajstić information content (AvgIpc) is 2.37. The predicted octanol–water partition coefficient (Wildman–Crippen LogP) is 4.55. The van der Waals surface area contributed by atoms with Gasteiger partial charge in [-0.05, 0) is 25.2 Å². The van der Waals surface area contributed by atoms with Crippen molar-refractivity contribution in [1.29, 1.82) is 0 Å². The maximum absolute atomic E-state index is 6.05. The third-order valence-electron chi connectivity index (χ3n) is 3.78. The summed E-state index contributed by atoms with van der Waals surface area (Å²) in [5.41, 5.74) is 0. The number of ether oxygens (including phenoxy) is 2. The van der Waals surface area contributed by atoms with Crippen LogP contribution in [0, 0.1) is 5.92 Å². The first-order valence-electron chi connectivity index (χ1n) is 7.60. The molecule has 4 unspecified atom stereocenters. The van der Waals surface area contributed by atoms with Gasteiger partial charge in [-0.15, -0.1) is 0 Å². The molecule has 0 aromatic heterocycles. The lowest BCUT2D eigenvalue weighted by atomic mass is 9.91. The minimum absolute atomic E-state index is 0.272. The summed E-state index contributed by atoms with van der Waals surface area (Å²) in [6.07, 6.45) is 7.90. The summed E-state index contributed by atoms with van der Waals surface area (Å²) >= 11 is 3.66. The summed E-state index contributed by atoms with van der Waals surface area (Å²) < 4.78 is 11.9. The first kappa shape index (κ1) is 16.5. The topological polar surface area (TPSA) is 18.5 Å². The van der Waals surface area contributed by atoms with Crippen LogP contribution in [0.25, 0.3) is 0 Å². The van der Waals surface area contributed by atoms with E-state index in [1.807, 2.05) is 0 Å². The van der Waals surface area contributed by atoms with E-state index in [9.17, 15) is 0 Å². The van der Waals surface area contributed by atoms with Gasteiger partial charge in [0, 0.05) is 18.0 Å². The van der Waals surface area contributed by atoms with Gasteiger partial charge in [-0.2, -0.15) is 0 Å². The van der Waals surface area contributed by atoms with Crippen LogP contribution in [-0.2, 0) is 9.47 Å². The van der Waals surface area contributed by atoms with Crippen LogP contribution in [0.15, 0.2) is 0 Å². The van der Waals surface area contributed by atoms with Gasteiger partial charge in [0.1, 0.15) is 0 Å². The first-order chi connectivity index (χ1) is 8.72. The average molecular weight is 321 g/mol. The van der Waals surface area contributed by atoms with Gasteiger partial charge in [0.15, 0.2) is 0 Å². The fourth-order valence-corrected chi connectivity index (χ4v) is 3.18. The molecule has 1 saturated carbocycles. The Morgan fingerprint density at radius 3 is 2.50 bits per heavy atom. The third kappa shape index (κ3) is 5.18. The van der Waals surface area contributed by atoms with Gasteiger partial charge in [0.2, 0.25) is 0 Å². The minimum atomic E-state index is 0.272. The lowest BCUT2D eigenvalue weighted by molar-refractivity contribution is -0.128. The Labute approximate surface area is 121 Å². The highest BCUT2D eigenvalue weighted by Gasteiger charge is 2.41. The second-order valence-corrected chi connectivity index (χ2v) is 6.55. The Morgan fingerprint density at radius 1 is 1.17 bits per heavy atom. The summed E-state index contributed by atoms with van der Waals surface area (Å²) in [5.74, 6) is 0.728. The Kier molecular flexibility index (Phi) is 8.53. The fraction of sp³-hybridized carbons (Fsp3) is 1.00. The quantitative estimate of drug-likeness (QED) is 0.550. The van der Waals surface area contributed by atoms with Crippen molar-refractivity contribution in [2.24, 2.45) is 5.92 Å². The summed E-state index contributed by atoms with van der Waals surface area (Å²) in [5, 5.41) is 0. The zero-order valence-corrected chi connectivity index (χ0v) is 13.7. The number of hydrogen-bond acceptors (Lipinski definition) is 2. The molecule has 108 valence electrons. The van der Waals surface area contributed by atoms with Crippen LogP contribution in [-0.4, -0.2) is 30.2 Å². The molecule has 2 nitrogen and oxygen atoms in total. The van der Waals surface area contributed by atoms with Gasteiger partial charge >= 0.3 is 0 Å². The molecule has 18 heavy (non-hydrogen) atoms. The largest absolute Gasteiger partial charge is 0.375 e. The second-order valence-electron chi connectivity index (χ2n) is 5.38. The van der Waals surface area contributed by atoms with E-state index in [0.29, 0.717) is 10.9 Å². The van der Waals surface area contributed by atoms with Crippen molar-refractivity contribution in [3.05, 3.63) is 0 Å². The van der Waals surface area contributed by atoms with Crippen LogP contribution in [0.1, 0.15) is 59.3 Å². The number of alkyl halides is 1. The SMILES string of the molecule is CCCCC(CC)COC1CC(Br)C1OCCC. The number of halogens is 1. The van der Waals surface area contributed by atoms with Crippen LogP contribution >= 0.6 is 15.9 Å². The zero-order chi connectivity index (χ0) is 13.4. The highest BCUT2D eigenvalue weighted by molar-refractivity contribution is 9.09. The summed E-state index contributed by atoms with van der Waals surface area (Å²) in [6, 6.07) is 0. The van der Waals surface area contributed by atoms with Crippen molar-refractivity contribution < 1.29 is 9.47 Å². The predicted molar refractivity (Wildman–Crippen MR) is 80.4 cm³/mol. The van der Waals surface area contributed by atoms with Gasteiger partial charge in [0.25, 0.3) is 0 Å². The molecule has 0 amide bonds. The molecule has 1 fully saturated rings. The number of unbranched alkanes of at least 4 members (excludes halogenated alkanes) is 1. The monoisotopic (exact) mass is 320 g/mol. The molecular weight excluding hydrogens is 292 g/mol. The van der Waals surface area contributed by atoms with Gasteiger partial charge in [0.05, 0.1) is 12.2 Å². The fourth-order valence-electron chi connectivity index (χ4n) is 2.31. The molecule has 1 aliphatic rings. The standard InChI is InChI=1S/C15H29BrO2/c1-4-7-8-12(6-3)11-18-14-10-13(16)15(14)17-9-5-2/h12-15H,4-11H2,1-3H3. The van der Waals surface area contributed by atoms with E-state index in [4.69, 9.17) is 9.47 Å². The normalized spacial score (nSPS) is 29.0. The van der Waals surface area contributed by atoms with Crippen molar-refractivity contribution in [2.75, 3.05) is 13.2 Å². The molecule has 0 aromatic rings. The molecule has 0 bridgehead atoms. The second kappa shape index (κ2) is 9.33. The van der Waals surface area contributed by atoms with Crippen molar-refractivity contribution in [3.63, 3.8) is 0 Å². The van der Waals surface area contributed by atoms with Crippen molar-refractivity contribution in [1.82, 2.24) is 0 Å². The molecule has 0 saturated heterocycles. The van der Waals surface area contributed by atoms with E-state index in [-0.39, 0.29) is 6.10 Å². The summed E-state index contributed by atoms with van der Waals surface area (Å²) in [4.78, 5) is 0.491. The molecule has 0 aromatic carbocycles. The van der Waals surface area contributed by atoms with Crippen molar-refractivity contribution in [3.8, 4) is 0 Å². The van der Waals surface area contributed by atoms with E-state index < -0.39 is 0 Å². The molecule has 0 radical (unpaired) electrons. The molecule has 0 N–H and O–H groups in total. The van der Waals surface area contributed by atoms with E-state index in [2.05, 4.69) is 36.7 Å². The van der Waals surface area contributed by atoms with Crippen LogP contribution < -0.4 is 0 Å². The van der Waals surface area contributed by atoms with Gasteiger partial charge in [-0.3, -0.25) is 0 Å². The summed E-state index contributed by atoms with van der Waals surface area (Å²) in [7, 11) is 0. The van der Waals surface area contributed by atoms with Crippen LogP contribution in [0.2, 0.25) is 0 Å². The number of rotatable bonds is 10. The molecule has 1 rings (SSSR count). The molecule has 0 heterocycles. The minimum Gasteiger partial charge on any atom is -0.375 e. The van der Waals surface area contributed by atoms with Crippen LogP contribution in [0.5, 0.6) is 0 Å². The maximum Gasteiger partial charge on any atom is 0.0962 e. The van der Waals surface area contributed by atoms with Gasteiger partial charge in [-0.1, -0.05) is 56.0 Å². The lowest BCUT2D eigenvalue weighted by Gasteiger charge is -2.41. The van der Waals surface area contributed by atoms with Crippen molar-refractivity contribution in [2.45, 2.75) is 76.3 Å². The summed E-state index contributed by atoms with van der Waals surface area (Å²) in [6.45, 7) is 8.43. The lowest BCUT2D eigenvalue weighted by Crippen LogP contribution is -2.51. The number of hydrogen-bond donors (Lipinski definition) is 0. The van der Waals surface area contributed by atoms with E-state index >= 15 is 0 Å². The van der Waals surface area contributed by atoms with E-state index in [1.165, 1.54) is 25.7 Å². The van der Waals surface area contributed by atoms with Gasteiger partial charge < -0.3 is 9.47 Å². The first-order valence-corrected chi connectivity index (χ1v) is 8.51. The molecule has 0 aliphatic heterocycles. The molecule has 4 atom stereocenters. The Hall–Kier alpha value is 0.400. The van der Waals surface area contributed by atoms with Crippen LogP contribution in [0.3, 0.4) is 0 Å². The Balaban J connectivity index is 2.20. The highest BCUT2D eigenvalue weighted by Crippen LogP contribution is 2.34. The van der Waals surface area contributed by atoms with Crippen molar-refractivity contribution >= 4 is 15.9 Å². The molecular formula is C15H29BrO2. The van der Waals surface area contributed by atoms with E-state index in [1.54, 1.807) is 0 Å².